The van der Waals surface area contributed by atoms with Crippen molar-refractivity contribution in [3.63, 3.8) is 0 Å². The predicted molar refractivity (Wildman–Crippen MR) is 67.0 cm³/mol. The molecule has 0 atom stereocenters. The van der Waals surface area contributed by atoms with E-state index >= 15 is 0 Å². The second-order valence-corrected chi connectivity index (χ2v) is 3.61. The number of carbonyl (C=O) groups excluding carboxylic acids is 1. The van der Waals surface area contributed by atoms with Gasteiger partial charge in [0.2, 0.25) is 0 Å². The lowest BCUT2D eigenvalue weighted by Crippen LogP contribution is -2.14. The van der Waals surface area contributed by atoms with Crippen LogP contribution in [0.15, 0.2) is 49.1 Å². The first-order valence-corrected chi connectivity index (χ1v) is 5.28. The van der Waals surface area contributed by atoms with Gasteiger partial charge in [-0.1, -0.05) is 30.4 Å². The first-order valence-electron chi connectivity index (χ1n) is 5.28. The molecule has 0 N–H and O–H groups in total. The lowest BCUT2D eigenvalue weighted by molar-refractivity contribution is -0.130. The van der Waals surface area contributed by atoms with Crippen LogP contribution in [0, 0.1) is 6.92 Å². The molecule has 1 aromatic rings. The van der Waals surface area contributed by atoms with Crippen LogP contribution in [-0.4, -0.2) is 19.2 Å². The van der Waals surface area contributed by atoms with Crippen molar-refractivity contribution in [2.24, 2.45) is 0 Å². The lowest BCUT2D eigenvalue weighted by atomic mass is 10.2. The number of benzene rings is 1. The summed E-state index contributed by atoms with van der Waals surface area (Å²) in [4.78, 5) is 11.6. The van der Waals surface area contributed by atoms with Gasteiger partial charge in [0.1, 0.15) is 5.75 Å². The van der Waals surface area contributed by atoms with Gasteiger partial charge in [-0.25, -0.2) is 4.79 Å². The van der Waals surface area contributed by atoms with Crippen LogP contribution in [0.5, 0.6) is 5.75 Å². The number of carbonyl (C=O) groups is 1. The van der Waals surface area contributed by atoms with E-state index in [1.165, 1.54) is 0 Å². The molecule has 0 unspecified atom stereocenters. The molecule has 0 aliphatic heterocycles. The number of aryl methyl sites for hydroxylation is 1. The van der Waals surface area contributed by atoms with E-state index in [-0.39, 0.29) is 12.2 Å². The molecule has 0 amide bonds. The Bertz CT molecular complexity index is 404. The molecule has 0 spiro atoms. The van der Waals surface area contributed by atoms with Crippen molar-refractivity contribution in [3.8, 4) is 5.75 Å². The van der Waals surface area contributed by atoms with Crippen molar-refractivity contribution in [2.45, 2.75) is 6.92 Å². The summed E-state index contributed by atoms with van der Waals surface area (Å²) in [6.45, 7) is 9.62. The molecule has 0 radical (unpaired) electrons. The molecule has 1 rings (SSSR count). The Morgan fingerprint density at radius 1 is 1.35 bits per heavy atom. The third-order valence-electron chi connectivity index (χ3n) is 2.03. The molecule has 0 fully saturated rings. The summed E-state index contributed by atoms with van der Waals surface area (Å²) in [7, 11) is 0. The van der Waals surface area contributed by atoms with E-state index in [0.29, 0.717) is 12.4 Å². The summed E-state index contributed by atoms with van der Waals surface area (Å²) < 4.78 is 10.2. The SMILES string of the molecule is C=CCOCC(=C)C(=O)Oc1ccc(C)cc1. The highest BCUT2D eigenvalue weighted by atomic mass is 16.5. The summed E-state index contributed by atoms with van der Waals surface area (Å²) in [6, 6.07) is 7.23. The molecule has 0 saturated heterocycles. The fourth-order valence-corrected chi connectivity index (χ4v) is 1.11. The van der Waals surface area contributed by atoms with E-state index in [4.69, 9.17) is 9.47 Å². The van der Waals surface area contributed by atoms with Crippen LogP contribution in [0.3, 0.4) is 0 Å². The summed E-state index contributed by atoms with van der Waals surface area (Å²) >= 11 is 0. The quantitative estimate of drug-likeness (QED) is 0.249. The zero-order chi connectivity index (χ0) is 12.7. The maximum atomic E-state index is 11.6. The van der Waals surface area contributed by atoms with Crippen LogP contribution in [0.1, 0.15) is 5.56 Å². The minimum Gasteiger partial charge on any atom is -0.423 e. The monoisotopic (exact) mass is 232 g/mol. The Balaban J connectivity index is 2.45. The third-order valence-corrected chi connectivity index (χ3v) is 2.03. The molecule has 0 saturated carbocycles. The summed E-state index contributed by atoms with van der Waals surface area (Å²) in [5.41, 5.74) is 1.39. The van der Waals surface area contributed by atoms with Gasteiger partial charge in [-0.05, 0) is 19.1 Å². The molecule has 0 aliphatic carbocycles. The van der Waals surface area contributed by atoms with Crippen LogP contribution in [0.25, 0.3) is 0 Å². The Labute approximate surface area is 101 Å². The smallest absolute Gasteiger partial charge is 0.341 e. The molecule has 3 heteroatoms. The van der Waals surface area contributed by atoms with E-state index in [9.17, 15) is 4.79 Å². The zero-order valence-corrected chi connectivity index (χ0v) is 9.94. The van der Waals surface area contributed by atoms with Crippen molar-refractivity contribution in [1.29, 1.82) is 0 Å². The number of esters is 1. The van der Waals surface area contributed by atoms with Crippen molar-refractivity contribution in [1.82, 2.24) is 0 Å². The van der Waals surface area contributed by atoms with Gasteiger partial charge in [0.05, 0.1) is 18.8 Å². The zero-order valence-electron chi connectivity index (χ0n) is 9.94. The van der Waals surface area contributed by atoms with Crippen LogP contribution < -0.4 is 4.74 Å². The molecule has 0 bridgehead atoms. The molecule has 3 nitrogen and oxygen atoms in total. The Kier molecular flexibility index (Phi) is 5.17. The number of hydrogen-bond donors (Lipinski definition) is 0. The predicted octanol–water partition coefficient (Wildman–Crippen LogP) is 2.66. The highest BCUT2D eigenvalue weighted by Gasteiger charge is 2.09. The van der Waals surface area contributed by atoms with Gasteiger partial charge in [0.15, 0.2) is 0 Å². The van der Waals surface area contributed by atoms with Crippen molar-refractivity contribution < 1.29 is 14.3 Å². The number of hydrogen-bond acceptors (Lipinski definition) is 3. The van der Waals surface area contributed by atoms with Gasteiger partial charge in [-0.3, -0.25) is 0 Å². The van der Waals surface area contributed by atoms with E-state index in [2.05, 4.69) is 13.2 Å². The Hall–Kier alpha value is -1.87. The first-order chi connectivity index (χ1) is 8.13. The molecular weight excluding hydrogens is 216 g/mol. The Morgan fingerprint density at radius 3 is 2.59 bits per heavy atom. The van der Waals surface area contributed by atoms with Gasteiger partial charge >= 0.3 is 5.97 Å². The average Bonchev–Trinajstić information content (AvgIpc) is 2.32. The third kappa shape index (κ3) is 4.66. The van der Waals surface area contributed by atoms with E-state index in [0.717, 1.165) is 5.56 Å². The van der Waals surface area contributed by atoms with Crippen LogP contribution in [0.2, 0.25) is 0 Å². The van der Waals surface area contributed by atoms with Gasteiger partial charge in [0.25, 0.3) is 0 Å². The molecular formula is C14H16O3. The molecule has 17 heavy (non-hydrogen) atoms. The molecule has 1 aromatic carbocycles. The minimum atomic E-state index is -0.474. The maximum absolute atomic E-state index is 11.6. The van der Waals surface area contributed by atoms with E-state index in [1.807, 2.05) is 19.1 Å². The van der Waals surface area contributed by atoms with E-state index in [1.54, 1.807) is 18.2 Å². The normalized spacial score (nSPS) is 9.71. The maximum Gasteiger partial charge on any atom is 0.341 e. The van der Waals surface area contributed by atoms with Crippen LogP contribution >= 0.6 is 0 Å². The second kappa shape index (κ2) is 6.66. The fourth-order valence-electron chi connectivity index (χ4n) is 1.11. The van der Waals surface area contributed by atoms with E-state index < -0.39 is 5.97 Å². The lowest BCUT2D eigenvalue weighted by Gasteiger charge is -2.06. The fraction of sp³-hybridized carbons (Fsp3) is 0.214. The van der Waals surface area contributed by atoms with Crippen molar-refractivity contribution in [3.05, 3.63) is 54.6 Å². The van der Waals surface area contributed by atoms with Crippen LogP contribution in [0.4, 0.5) is 0 Å². The minimum absolute atomic E-state index is 0.150. The highest BCUT2D eigenvalue weighted by molar-refractivity contribution is 5.89. The van der Waals surface area contributed by atoms with Gasteiger partial charge < -0.3 is 9.47 Å². The molecule has 0 aromatic heterocycles. The summed E-state index contributed by atoms with van der Waals surface area (Å²) in [5, 5.41) is 0. The van der Waals surface area contributed by atoms with Gasteiger partial charge in [-0.2, -0.15) is 0 Å². The molecule has 90 valence electrons. The molecule has 0 heterocycles. The first kappa shape index (κ1) is 13.2. The number of ether oxygens (including phenoxy) is 2. The van der Waals surface area contributed by atoms with Crippen molar-refractivity contribution in [2.75, 3.05) is 13.2 Å². The van der Waals surface area contributed by atoms with Gasteiger partial charge in [0, 0.05) is 0 Å². The number of rotatable bonds is 6. The standard InChI is InChI=1S/C14H16O3/c1-4-9-16-10-12(3)14(15)17-13-7-5-11(2)6-8-13/h4-8H,1,3,9-10H2,2H3. The Morgan fingerprint density at radius 2 is 2.00 bits per heavy atom. The largest absolute Gasteiger partial charge is 0.423 e. The van der Waals surface area contributed by atoms with Crippen molar-refractivity contribution >= 4 is 5.97 Å². The van der Waals surface area contributed by atoms with Gasteiger partial charge in [-0.15, -0.1) is 6.58 Å². The average molecular weight is 232 g/mol. The van der Waals surface area contributed by atoms with Crippen LogP contribution in [-0.2, 0) is 9.53 Å². The second-order valence-electron chi connectivity index (χ2n) is 3.61. The highest BCUT2D eigenvalue weighted by Crippen LogP contribution is 2.12. The summed E-state index contributed by atoms with van der Waals surface area (Å²) in [5.74, 6) is 0.0309. The molecule has 0 aliphatic rings. The summed E-state index contributed by atoms with van der Waals surface area (Å²) in [6.07, 6.45) is 1.61. The topological polar surface area (TPSA) is 35.5 Å².